The lowest BCUT2D eigenvalue weighted by molar-refractivity contribution is -0.301. The Morgan fingerprint density at radius 3 is 1.91 bits per heavy atom. The van der Waals surface area contributed by atoms with E-state index in [4.69, 9.17) is 68.8 Å². The average Bonchev–Trinajstić information content (AvgIpc) is 3.94. The second-order valence-electron chi connectivity index (χ2n) is 17.0. The number of carbonyl (C=O) groups is 5. The highest BCUT2D eigenvalue weighted by Crippen LogP contribution is 2.62. The Bertz CT molecular complexity index is 2990. The Kier molecular flexibility index (Phi) is 18.7. The molecule has 26 nitrogen and oxygen atoms in total. The van der Waals surface area contributed by atoms with Crippen molar-refractivity contribution in [1.82, 2.24) is 19.5 Å². The van der Waals surface area contributed by atoms with E-state index in [0.717, 1.165) is 68.4 Å². The molecule has 12 atom stereocenters. The van der Waals surface area contributed by atoms with E-state index in [9.17, 15) is 48.5 Å². The summed E-state index contributed by atoms with van der Waals surface area (Å²) in [5.41, 5.74) is 9.72. The van der Waals surface area contributed by atoms with Gasteiger partial charge in [0.25, 0.3) is 0 Å². The SMILES string of the molecule is CCCOc1ccc(-c2ccc(-c3ccc(C(=O)OC[C@@H](OC(C)=O)[C@H]4O[C@@H](OP(=O)(O)OP(O)(=S)OC[C@H]5O[C@@H](n6cnc7c(N)ncnc76)[C@H](O)[C@@H]5O)[C@@H](OC(C)=O)[C@@H](OC(C)=O)[C@@H]4OC(C)=O)cc3)cc2)cc1. The number of hydrogen-bond donors (Lipinski definition) is 5. The Balaban J connectivity index is 1.06. The van der Waals surface area contributed by atoms with E-state index in [0.29, 0.717) is 6.61 Å². The van der Waals surface area contributed by atoms with Crippen LogP contribution in [0.25, 0.3) is 33.4 Å². The first-order chi connectivity index (χ1) is 36.0. The zero-order chi connectivity index (χ0) is 55.1. The van der Waals surface area contributed by atoms with Gasteiger partial charge in [0, 0.05) is 27.7 Å². The molecule has 0 aliphatic carbocycles. The molecule has 76 heavy (non-hydrogen) atoms. The number of rotatable bonds is 21. The van der Waals surface area contributed by atoms with Gasteiger partial charge in [0.1, 0.15) is 48.6 Å². The van der Waals surface area contributed by atoms with Crippen LogP contribution in [0.3, 0.4) is 0 Å². The summed E-state index contributed by atoms with van der Waals surface area (Å²) in [7, 11) is -5.83. The molecule has 2 saturated heterocycles. The third-order valence-corrected chi connectivity index (χ3v) is 14.9. The molecule has 0 bridgehead atoms. The number of fused-ring (bicyclic) bond motifs is 1. The molecule has 2 aliphatic heterocycles. The highest BCUT2D eigenvalue weighted by atomic mass is 32.5. The van der Waals surface area contributed by atoms with E-state index in [1.807, 2.05) is 55.5 Å². The van der Waals surface area contributed by atoms with Crippen molar-refractivity contribution in [3.05, 3.63) is 91.0 Å². The molecule has 2 aliphatic rings. The van der Waals surface area contributed by atoms with Crippen molar-refractivity contribution in [2.75, 3.05) is 25.6 Å². The molecular formula is C47H53N5O21P2S. The Morgan fingerprint density at radius 2 is 1.33 bits per heavy atom. The molecule has 29 heteroatoms. The number of phosphoric ester groups is 1. The number of phosphoric acid groups is 1. The smallest absolute Gasteiger partial charge is 0.481 e. The highest BCUT2D eigenvalue weighted by molar-refractivity contribution is 8.08. The molecule has 0 amide bonds. The van der Waals surface area contributed by atoms with Crippen molar-refractivity contribution in [2.24, 2.45) is 0 Å². The molecule has 7 rings (SSSR count). The van der Waals surface area contributed by atoms with E-state index in [1.165, 1.54) is 23.0 Å². The average molecular weight is 1120 g/mol. The summed E-state index contributed by atoms with van der Waals surface area (Å²) in [5, 5.41) is 21.7. The summed E-state index contributed by atoms with van der Waals surface area (Å²) >= 11 is 4.97. The summed E-state index contributed by atoms with van der Waals surface area (Å²) < 4.78 is 75.0. The van der Waals surface area contributed by atoms with Gasteiger partial charge in [0.2, 0.25) is 6.29 Å². The second-order valence-corrected chi connectivity index (χ2v) is 21.4. The Labute approximate surface area is 438 Å². The van der Waals surface area contributed by atoms with Gasteiger partial charge in [-0.1, -0.05) is 55.5 Å². The van der Waals surface area contributed by atoms with Gasteiger partial charge in [0.05, 0.1) is 25.1 Å². The number of hydrogen-bond acceptors (Lipinski definition) is 24. The van der Waals surface area contributed by atoms with E-state index < -0.39 is 119 Å². The zero-order valence-corrected chi connectivity index (χ0v) is 43.7. The third-order valence-electron chi connectivity index (χ3n) is 11.3. The summed E-state index contributed by atoms with van der Waals surface area (Å²) in [5.74, 6) is -4.40. The predicted octanol–water partition coefficient (Wildman–Crippen LogP) is 3.83. The van der Waals surface area contributed by atoms with Gasteiger partial charge in [-0.2, -0.15) is 0 Å². The minimum Gasteiger partial charge on any atom is -0.494 e. The van der Waals surface area contributed by atoms with Crippen molar-refractivity contribution < 1.29 is 99.8 Å². The van der Waals surface area contributed by atoms with Crippen LogP contribution in [0.1, 0.15) is 57.6 Å². The van der Waals surface area contributed by atoms with Gasteiger partial charge >= 0.3 is 44.4 Å². The maximum atomic E-state index is 13.7. The van der Waals surface area contributed by atoms with Gasteiger partial charge in [0.15, 0.2) is 42.1 Å². The lowest BCUT2D eigenvalue weighted by Gasteiger charge is -2.45. The molecule has 0 spiro atoms. The number of aliphatic hydroxyl groups is 2. The van der Waals surface area contributed by atoms with Gasteiger partial charge < -0.3 is 68.2 Å². The summed E-state index contributed by atoms with van der Waals surface area (Å²) in [6.45, 7) is -0.317. The van der Waals surface area contributed by atoms with E-state index in [-0.39, 0.29) is 22.5 Å². The van der Waals surface area contributed by atoms with E-state index in [2.05, 4.69) is 15.0 Å². The lowest BCUT2D eigenvalue weighted by Crippen LogP contribution is -2.65. The van der Waals surface area contributed by atoms with E-state index >= 15 is 0 Å². The van der Waals surface area contributed by atoms with Crippen molar-refractivity contribution in [1.29, 1.82) is 0 Å². The summed E-state index contributed by atoms with van der Waals surface area (Å²) in [6, 6.07) is 21.8. The van der Waals surface area contributed by atoms with Crippen LogP contribution in [-0.4, -0.2) is 144 Å². The third kappa shape index (κ3) is 14.4. The molecule has 3 aromatic carbocycles. The number of aromatic nitrogens is 4. The molecule has 5 aromatic rings. The predicted molar refractivity (Wildman–Crippen MR) is 264 cm³/mol. The zero-order valence-electron chi connectivity index (χ0n) is 41.1. The Morgan fingerprint density at radius 1 is 0.763 bits per heavy atom. The first-order valence-corrected chi connectivity index (χ1v) is 27.2. The molecule has 408 valence electrons. The molecule has 2 unspecified atom stereocenters. The van der Waals surface area contributed by atoms with Crippen LogP contribution in [-0.2, 0) is 82.1 Å². The second kappa shape index (κ2) is 24.8. The van der Waals surface area contributed by atoms with Crippen LogP contribution in [0.2, 0.25) is 0 Å². The Hall–Kier alpha value is -6.32. The number of carbonyl (C=O) groups excluding carboxylic acids is 5. The van der Waals surface area contributed by atoms with Crippen LogP contribution in [0.4, 0.5) is 5.82 Å². The van der Waals surface area contributed by atoms with Gasteiger partial charge in [-0.25, -0.2) is 28.6 Å². The number of esters is 5. The fourth-order valence-electron chi connectivity index (χ4n) is 8.08. The molecule has 0 saturated carbocycles. The van der Waals surface area contributed by atoms with Crippen LogP contribution in [0.5, 0.6) is 5.75 Å². The van der Waals surface area contributed by atoms with Crippen molar-refractivity contribution in [3.8, 4) is 28.0 Å². The quantitative estimate of drug-likeness (QED) is 0.0396. The van der Waals surface area contributed by atoms with Gasteiger partial charge in [-0.15, -0.1) is 0 Å². The van der Waals surface area contributed by atoms with Crippen LogP contribution in [0, 0.1) is 0 Å². The minimum atomic E-state index is -5.83. The summed E-state index contributed by atoms with van der Waals surface area (Å²) in [4.78, 5) is 98.0. The molecule has 2 fully saturated rings. The first-order valence-electron chi connectivity index (χ1n) is 23.1. The number of ether oxygens (including phenoxy) is 8. The number of aliphatic hydroxyl groups excluding tert-OH is 2. The van der Waals surface area contributed by atoms with Crippen LogP contribution >= 0.6 is 14.5 Å². The number of benzene rings is 3. The van der Waals surface area contributed by atoms with Crippen LogP contribution < -0.4 is 10.5 Å². The molecule has 2 aromatic heterocycles. The summed E-state index contributed by atoms with van der Waals surface area (Å²) in [6.07, 6.45) is -15.1. The number of nitrogen functional groups attached to an aromatic ring is 1. The minimum absolute atomic E-state index is 0.0173. The number of nitrogens with two attached hydrogens (primary N) is 1. The topological polar surface area (TPSA) is 354 Å². The standard InChI is InChI=1S/C47H53N5O21P2S/c1-6-19-63-33-17-15-31(16-18-33)29-9-7-28(8-10-29)30-11-13-32(14-12-30)46(59)64-20-35(66-24(2)53)39-40(67-25(3)54)41(68-26(4)55)42(69-27(5)56)47(71-39)72-74(60,61)73-75(62,76)65-21-34-37(57)38(58)45(70-34)52-23-51-36-43(48)49-22-50-44(36)52/h7-18,22-23,34-35,37-42,45,47,57-58H,6,19-21H2,1-5H3,(H,60,61)(H,62,76)(H2,48,49,50)/t34-,35-,37-,38-,39-,40-,41+,42+,45-,47+,75?/m1/s1. The van der Waals surface area contributed by atoms with Crippen molar-refractivity contribution in [2.45, 2.75) is 102 Å². The van der Waals surface area contributed by atoms with Crippen molar-refractivity contribution >= 4 is 73.2 Å². The van der Waals surface area contributed by atoms with Crippen LogP contribution in [0.15, 0.2) is 85.5 Å². The van der Waals surface area contributed by atoms with E-state index in [1.54, 1.807) is 12.1 Å². The molecule has 0 radical (unpaired) electrons. The largest absolute Gasteiger partial charge is 0.494 e. The monoisotopic (exact) mass is 1120 g/mol. The normalized spacial score (nSPS) is 24.3. The first kappa shape index (κ1) is 57.4. The lowest BCUT2D eigenvalue weighted by atomic mass is 9.94. The number of anilines is 1. The van der Waals surface area contributed by atoms with Crippen molar-refractivity contribution in [3.63, 3.8) is 0 Å². The van der Waals surface area contributed by atoms with Gasteiger partial charge in [-0.3, -0.25) is 28.3 Å². The molecular weight excluding hydrogens is 1060 g/mol. The van der Waals surface area contributed by atoms with Gasteiger partial charge in [-0.05, 0) is 64.7 Å². The number of imidazole rings is 1. The maximum Gasteiger partial charge on any atom is 0.481 e. The molecule has 4 heterocycles. The fraction of sp³-hybridized carbons (Fsp3) is 0.404. The number of nitrogens with zero attached hydrogens (tertiary/aromatic N) is 4. The highest BCUT2D eigenvalue weighted by Gasteiger charge is 2.57. The maximum absolute atomic E-state index is 13.7. The molecule has 6 N–H and O–H groups in total. The fourth-order valence-corrected chi connectivity index (χ4v) is 11.2.